The Morgan fingerprint density at radius 1 is 1.28 bits per heavy atom. The maximum atomic E-state index is 12.9. The van der Waals surface area contributed by atoms with Crippen LogP contribution in [0.1, 0.15) is 21.6 Å². The molecule has 0 radical (unpaired) electrons. The Kier molecular flexibility index (Phi) is 4.77. The molecule has 0 aliphatic carbocycles. The molecule has 0 saturated heterocycles. The molecule has 124 valence electrons. The topological polar surface area (TPSA) is 83.3 Å². The summed E-state index contributed by atoms with van der Waals surface area (Å²) >= 11 is 0. The summed E-state index contributed by atoms with van der Waals surface area (Å²) in [4.78, 5) is 18.5. The number of nitrogens with zero attached hydrogens (tertiary/aromatic N) is 3. The first kappa shape index (κ1) is 16.3. The number of hydrogen-bond donors (Lipinski definition) is 0. The van der Waals surface area contributed by atoms with Crippen molar-refractivity contribution in [3.05, 3.63) is 78.5 Å². The van der Waals surface area contributed by atoms with Gasteiger partial charge in [-0.3, -0.25) is 4.79 Å². The second-order valence-electron chi connectivity index (χ2n) is 5.29. The van der Waals surface area contributed by atoms with Crippen molar-refractivity contribution in [2.24, 2.45) is 0 Å². The minimum absolute atomic E-state index is 0.186. The van der Waals surface area contributed by atoms with Crippen LogP contribution in [0.5, 0.6) is 0 Å². The largest absolute Gasteiger partial charge is 0.461 e. The van der Waals surface area contributed by atoms with Crippen molar-refractivity contribution in [3.63, 3.8) is 0 Å². The summed E-state index contributed by atoms with van der Waals surface area (Å²) in [6.07, 6.45) is 4.37. The lowest BCUT2D eigenvalue weighted by Crippen LogP contribution is -2.31. The molecule has 0 unspecified atom stereocenters. The van der Waals surface area contributed by atoms with Gasteiger partial charge in [0.15, 0.2) is 17.8 Å². The summed E-state index contributed by atoms with van der Waals surface area (Å²) in [5, 5.41) is 8.87. The molecule has 3 rings (SSSR count). The average molecular weight is 333 g/mol. The molecule has 2 heterocycles. The fourth-order valence-corrected chi connectivity index (χ4v) is 2.41. The van der Waals surface area contributed by atoms with E-state index in [9.17, 15) is 4.79 Å². The van der Waals surface area contributed by atoms with Gasteiger partial charge in [0.25, 0.3) is 5.91 Å². The third-order valence-electron chi connectivity index (χ3n) is 3.61. The Labute approximate surface area is 144 Å². The van der Waals surface area contributed by atoms with Crippen LogP contribution in [-0.2, 0) is 6.54 Å². The highest BCUT2D eigenvalue weighted by Gasteiger charge is 2.24. The lowest BCUT2D eigenvalue weighted by Gasteiger charge is -2.20. The van der Waals surface area contributed by atoms with E-state index in [2.05, 4.69) is 17.6 Å². The minimum Gasteiger partial charge on any atom is -0.461 e. The summed E-state index contributed by atoms with van der Waals surface area (Å²) < 4.78 is 10.6. The van der Waals surface area contributed by atoms with Crippen LogP contribution in [0.15, 0.2) is 70.5 Å². The van der Waals surface area contributed by atoms with E-state index in [-0.39, 0.29) is 11.6 Å². The number of amides is 1. The van der Waals surface area contributed by atoms with Crippen LogP contribution in [0, 0.1) is 11.3 Å². The van der Waals surface area contributed by atoms with Gasteiger partial charge in [-0.2, -0.15) is 5.26 Å². The van der Waals surface area contributed by atoms with Crippen LogP contribution in [0.4, 0.5) is 0 Å². The molecule has 2 aromatic heterocycles. The van der Waals surface area contributed by atoms with Crippen molar-refractivity contribution in [2.45, 2.75) is 6.54 Å². The molecule has 3 aromatic rings. The van der Waals surface area contributed by atoms with E-state index < -0.39 is 0 Å². The van der Waals surface area contributed by atoms with E-state index in [1.807, 2.05) is 12.1 Å². The summed E-state index contributed by atoms with van der Waals surface area (Å²) in [7, 11) is 0. The number of rotatable bonds is 6. The molecule has 25 heavy (non-hydrogen) atoms. The van der Waals surface area contributed by atoms with E-state index >= 15 is 0 Å². The molecular formula is C19H15N3O3. The van der Waals surface area contributed by atoms with E-state index in [1.165, 1.54) is 12.7 Å². The summed E-state index contributed by atoms with van der Waals surface area (Å²) in [6.45, 7) is 4.42. The Morgan fingerprint density at radius 2 is 2.08 bits per heavy atom. The van der Waals surface area contributed by atoms with Gasteiger partial charge < -0.3 is 13.7 Å². The number of carbonyl (C=O) groups excluding carboxylic acids is 1. The average Bonchev–Trinajstić information content (AvgIpc) is 3.32. The number of carbonyl (C=O) groups is 1. The number of oxazole rings is 1. The van der Waals surface area contributed by atoms with Gasteiger partial charge in [0, 0.05) is 13.1 Å². The highest BCUT2D eigenvalue weighted by atomic mass is 16.4. The lowest BCUT2D eigenvalue weighted by atomic mass is 10.1. The second kappa shape index (κ2) is 7.32. The SMILES string of the molecule is C=CCN(Cc1ccc(C#N)cc1)C(=O)c1ncoc1-c1ccco1. The van der Waals surface area contributed by atoms with Gasteiger partial charge in [-0.1, -0.05) is 18.2 Å². The number of aromatic nitrogens is 1. The predicted molar refractivity (Wildman–Crippen MR) is 90.3 cm³/mol. The quantitative estimate of drug-likeness (QED) is 0.643. The summed E-state index contributed by atoms with van der Waals surface area (Å²) in [5.41, 5.74) is 1.66. The normalized spacial score (nSPS) is 10.2. The second-order valence-corrected chi connectivity index (χ2v) is 5.29. The van der Waals surface area contributed by atoms with Gasteiger partial charge in [-0.05, 0) is 29.8 Å². The molecule has 1 amide bonds. The molecule has 0 bridgehead atoms. The summed E-state index contributed by atoms with van der Waals surface area (Å²) in [6, 6.07) is 12.6. The fourth-order valence-electron chi connectivity index (χ4n) is 2.41. The Morgan fingerprint density at radius 3 is 2.72 bits per heavy atom. The zero-order valence-corrected chi connectivity index (χ0v) is 13.4. The molecule has 0 fully saturated rings. The molecule has 6 heteroatoms. The van der Waals surface area contributed by atoms with Gasteiger partial charge >= 0.3 is 0 Å². The van der Waals surface area contributed by atoms with Gasteiger partial charge in [-0.15, -0.1) is 6.58 Å². The first-order valence-corrected chi connectivity index (χ1v) is 7.59. The third kappa shape index (κ3) is 3.51. The van der Waals surface area contributed by atoms with Crippen molar-refractivity contribution in [2.75, 3.05) is 6.54 Å². The van der Waals surface area contributed by atoms with Crippen LogP contribution >= 0.6 is 0 Å². The number of furan rings is 1. The lowest BCUT2D eigenvalue weighted by molar-refractivity contribution is 0.0757. The zero-order valence-electron chi connectivity index (χ0n) is 13.4. The van der Waals surface area contributed by atoms with E-state index in [0.29, 0.717) is 30.2 Å². The van der Waals surface area contributed by atoms with Gasteiger partial charge in [0.1, 0.15) is 0 Å². The maximum absolute atomic E-state index is 12.9. The summed E-state index contributed by atoms with van der Waals surface area (Å²) in [5.74, 6) is 0.450. The smallest absolute Gasteiger partial charge is 0.277 e. The van der Waals surface area contributed by atoms with Crippen LogP contribution in [-0.4, -0.2) is 22.3 Å². The van der Waals surface area contributed by atoms with Crippen molar-refractivity contribution in [3.8, 4) is 17.6 Å². The van der Waals surface area contributed by atoms with Gasteiger partial charge in [0.05, 0.1) is 17.9 Å². The number of benzene rings is 1. The van der Waals surface area contributed by atoms with Crippen molar-refractivity contribution < 1.29 is 13.6 Å². The molecular weight excluding hydrogens is 318 g/mol. The molecule has 1 aromatic carbocycles. The van der Waals surface area contributed by atoms with Crippen LogP contribution < -0.4 is 0 Å². The third-order valence-corrected chi connectivity index (χ3v) is 3.61. The Bertz CT molecular complexity index is 902. The monoisotopic (exact) mass is 333 g/mol. The van der Waals surface area contributed by atoms with Gasteiger partial charge in [0.2, 0.25) is 5.76 Å². The highest BCUT2D eigenvalue weighted by Crippen LogP contribution is 2.25. The molecule has 0 saturated carbocycles. The molecule has 0 N–H and O–H groups in total. The van der Waals surface area contributed by atoms with Crippen LogP contribution in [0.2, 0.25) is 0 Å². The van der Waals surface area contributed by atoms with Crippen LogP contribution in [0.25, 0.3) is 11.5 Å². The van der Waals surface area contributed by atoms with E-state index in [4.69, 9.17) is 14.1 Å². The van der Waals surface area contributed by atoms with Crippen molar-refractivity contribution in [1.82, 2.24) is 9.88 Å². The number of nitriles is 1. The molecule has 0 spiro atoms. The maximum Gasteiger partial charge on any atom is 0.277 e. The fraction of sp³-hybridized carbons (Fsp3) is 0.105. The van der Waals surface area contributed by atoms with Crippen molar-refractivity contribution >= 4 is 5.91 Å². The van der Waals surface area contributed by atoms with Crippen LogP contribution in [0.3, 0.4) is 0 Å². The highest BCUT2D eigenvalue weighted by molar-refractivity contribution is 5.97. The standard InChI is InChI=1S/C19H15N3O3/c1-2-9-22(12-15-7-5-14(11-20)6-8-15)19(23)17-18(25-13-21-17)16-4-3-10-24-16/h2-8,10,13H,1,9,12H2. The van der Waals surface area contributed by atoms with Crippen molar-refractivity contribution in [1.29, 1.82) is 5.26 Å². The Hall–Kier alpha value is -3.59. The first-order chi connectivity index (χ1) is 12.2. The molecule has 0 aliphatic heterocycles. The van der Waals surface area contributed by atoms with Gasteiger partial charge in [-0.25, -0.2) is 4.98 Å². The Balaban J connectivity index is 1.85. The zero-order chi connectivity index (χ0) is 17.6. The number of hydrogen-bond acceptors (Lipinski definition) is 5. The van der Waals surface area contributed by atoms with E-state index in [0.717, 1.165) is 5.56 Å². The predicted octanol–water partition coefficient (Wildman–Crippen LogP) is 3.63. The molecule has 6 nitrogen and oxygen atoms in total. The molecule has 0 aliphatic rings. The minimum atomic E-state index is -0.288. The van der Waals surface area contributed by atoms with E-state index in [1.54, 1.807) is 35.2 Å². The first-order valence-electron chi connectivity index (χ1n) is 7.59. The molecule has 0 atom stereocenters.